The van der Waals surface area contributed by atoms with Gasteiger partial charge in [-0.15, -0.1) is 11.3 Å². The lowest BCUT2D eigenvalue weighted by Crippen LogP contribution is -2.83. The zero-order valence-electron chi connectivity index (χ0n) is 8.51. The molecule has 0 unspecified atom stereocenters. The Kier molecular flexibility index (Phi) is 2.20. The van der Waals surface area contributed by atoms with E-state index in [4.69, 9.17) is 0 Å². The van der Waals surface area contributed by atoms with Crippen LogP contribution in [-0.4, -0.2) is 5.91 Å². The van der Waals surface area contributed by atoms with Crippen LogP contribution in [0.2, 0.25) is 0 Å². The van der Waals surface area contributed by atoms with E-state index in [0.717, 1.165) is 15.3 Å². The molecule has 2 N–H and O–H groups in total. The van der Waals surface area contributed by atoms with Crippen LogP contribution in [0.3, 0.4) is 0 Å². The molecule has 1 aromatic carbocycles. The van der Waals surface area contributed by atoms with Gasteiger partial charge in [-0.25, -0.2) is 4.79 Å². The average molecular weight is 228 g/mol. The van der Waals surface area contributed by atoms with E-state index in [2.05, 4.69) is 12.1 Å². The first-order valence-electron chi connectivity index (χ1n) is 5.09. The van der Waals surface area contributed by atoms with Gasteiger partial charge in [-0.3, -0.25) is 5.32 Å². The highest BCUT2D eigenvalue weighted by Gasteiger charge is 2.20. The van der Waals surface area contributed by atoms with Gasteiger partial charge in [0.2, 0.25) is 0 Å². The summed E-state index contributed by atoms with van der Waals surface area (Å²) in [5.41, 5.74) is 1.99. The Morgan fingerprint density at radius 1 is 1.12 bits per heavy atom. The Morgan fingerprint density at radius 3 is 2.69 bits per heavy atom. The molecule has 3 rings (SSSR count). The van der Waals surface area contributed by atoms with E-state index in [-0.39, 0.29) is 5.91 Å². The Balaban J connectivity index is 2.12. The van der Waals surface area contributed by atoms with Gasteiger partial charge < -0.3 is 0 Å². The fourth-order valence-corrected chi connectivity index (χ4v) is 2.86. The molecule has 1 aromatic heterocycles. The van der Waals surface area contributed by atoms with Gasteiger partial charge in [0.05, 0.1) is 5.56 Å². The molecule has 1 aliphatic heterocycles. The van der Waals surface area contributed by atoms with E-state index < -0.39 is 0 Å². The smallest absolute Gasteiger partial charge is 0.253 e. The number of amides is 1. The third-order valence-corrected chi connectivity index (χ3v) is 3.73. The number of fused-ring (bicyclic) bond motifs is 1. The summed E-state index contributed by atoms with van der Waals surface area (Å²) in [6.07, 6.45) is 3.81. The molecule has 2 heterocycles. The Hall–Kier alpha value is -1.71. The molecule has 0 radical (unpaired) electrons. The first kappa shape index (κ1) is 9.51. The molecule has 2 nitrogen and oxygen atoms in total. The quantitative estimate of drug-likeness (QED) is 0.796. The lowest BCUT2D eigenvalue weighted by Gasteiger charge is -1.97. The van der Waals surface area contributed by atoms with Gasteiger partial charge in [0.15, 0.2) is 0 Å². The standard InChI is InChI=1S/C13H9NOS/c15-13-10-8-12(9-4-2-1-3-5-9)16-11(10)6-7-14-13/h1-8H,(H,14,15)/p+1. The number of carbonyl (C=O) groups is 1. The highest BCUT2D eigenvalue weighted by atomic mass is 32.1. The second-order valence-electron chi connectivity index (χ2n) is 3.64. The van der Waals surface area contributed by atoms with Crippen molar-refractivity contribution in [1.29, 1.82) is 0 Å². The predicted molar refractivity (Wildman–Crippen MR) is 65.0 cm³/mol. The molecule has 0 atom stereocenters. The topological polar surface area (TPSA) is 33.7 Å². The maximum absolute atomic E-state index is 11.6. The van der Waals surface area contributed by atoms with E-state index in [1.807, 2.05) is 36.5 Å². The van der Waals surface area contributed by atoms with E-state index >= 15 is 0 Å². The molecular weight excluding hydrogens is 218 g/mol. The highest BCUT2D eigenvalue weighted by molar-refractivity contribution is 7.16. The van der Waals surface area contributed by atoms with Crippen LogP contribution in [0, 0.1) is 0 Å². The zero-order valence-corrected chi connectivity index (χ0v) is 9.33. The molecule has 0 saturated carbocycles. The molecule has 0 fully saturated rings. The summed E-state index contributed by atoms with van der Waals surface area (Å²) in [6, 6.07) is 12.1. The molecule has 0 spiro atoms. The largest absolute Gasteiger partial charge is 0.348 e. The number of primary amides is 1. The normalized spacial score (nSPS) is 13.9. The number of benzene rings is 1. The van der Waals surface area contributed by atoms with Crippen molar-refractivity contribution in [3.05, 3.63) is 53.0 Å². The summed E-state index contributed by atoms with van der Waals surface area (Å²) in [4.78, 5) is 13.8. The Morgan fingerprint density at radius 2 is 1.94 bits per heavy atom. The molecule has 16 heavy (non-hydrogen) atoms. The molecule has 1 aliphatic rings. The fraction of sp³-hybridized carbons (Fsp3) is 0. The van der Waals surface area contributed by atoms with Crippen molar-refractivity contribution in [3.63, 3.8) is 0 Å². The van der Waals surface area contributed by atoms with Crippen molar-refractivity contribution < 1.29 is 10.1 Å². The van der Waals surface area contributed by atoms with E-state index in [1.54, 1.807) is 16.7 Å². The number of carbonyl (C=O) groups excluding carboxylic acids is 1. The molecule has 0 aliphatic carbocycles. The van der Waals surface area contributed by atoms with Crippen molar-refractivity contribution in [2.75, 3.05) is 0 Å². The molecule has 2 aromatic rings. The predicted octanol–water partition coefficient (Wildman–Crippen LogP) is 2.10. The summed E-state index contributed by atoms with van der Waals surface area (Å²) in [7, 11) is 0. The van der Waals surface area contributed by atoms with Gasteiger partial charge in [0.25, 0.3) is 0 Å². The molecule has 3 heteroatoms. The summed E-state index contributed by atoms with van der Waals surface area (Å²) < 4.78 is 0. The van der Waals surface area contributed by atoms with E-state index in [1.165, 1.54) is 5.56 Å². The van der Waals surface area contributed by atoms with Crippen molar-refractivity contribution >= 4 is 23.3 Å². The third kappa shape index (κ3) is 1.50. The second-order valence-corrected chi connectivity index (χ2v) is 4.73. The van der Waals surface area contributed by atoms with Gasteiger partial charge in [0, 0.05) is 15.8 Å². The van der Waals surface area contributed by atoms with Crippen LogP contribution in [0.15, 0.2) is 42.6 Å². The molecule has 0 saturated heterocycles. The number of hydrogen-bond donors (Lipinski definition) is 1. The summed E-state index contributed by atoms with van der Waals surface area (Å²) in [5, 5.41) is 1.61. The van der Waals surface area contributed by atoms with Crippen LogP contribution in [0.1, 0.15) is 15.2 Å². The molecule has 1 amide bonds. The number of hydrogen-bond acceptors (Lipinski definition) is 2. The summed E-state index contributed by atoms with van der Waals surface area (Å²) in [6.45, 7) is 0. The lowest BCUT2D eigenvalue weighted by atomic mass is 10.1. The van der Waals surface area contributed by atoms with Crippen LogP contribution in [0.25, 0.3) is 16.5 Å². The van der Waals surface area contributed by atoms with Crippen LogP contribution in [0.4, 0.5) is 0 Å². The third-order valence-electron chi connectivity index (χ3n) is 2.58. The molecule has 78 valence electrons. The van der Waals surface area contributed by atoms with Crippen molar-refractivity contribution in [2.24, 2.45) is 0 Å². The maximum atomic E-state index is 11.6. The van der Waals surface area contributed by atoms with Gasteiger partial charge in [-0.2, -0.15) is 0 Å². The monoisotopic (exact) mass is 228 g/mol. The maximum Gasteiger partial charge on any atom is 0.348 e. The first-order valence-corrected chi connectivity index (χ1v) is 5.91. The van der Waals surface area contributed by atoms with Crippen molar-refractivity contribution in [3.8, 4) is 10.4 Å². The number of rotatable bonds is 1. The number of thiophene rings is 1. The average Bonchev–Trinajstić information content (AvgIpc) is 2.76. The number of quaternary nitrogens is 1. The van der Waals surface area contributed by atoms with Gasteiger partial charge >= 0.3 is 5.91 Å². The Bertz CT molecular complexity index is 569. The second kappa shape index (κ2) is 3.70. The minimum Gasteiger partial charge on any atom is -0.253 e. The minimum absolute atomic E-state index is 0.107. The van der Waals surface area contributed by atoms with Crippen molar-refractivity contribution in [1.82, 2.24) is 0 Å². The molecule has 0 bridgehead atoms. The van der Waals surface area contributed by atoms with Crippen LogP contribution in [0.5, 0.6) is 0 Å². The van der Waals surface area contributed by atoms with Gasteiger partial charge in [-0.05, 0) is 11.6 Å². The van der Waals surface area contributed by atoms with Crippen molar-refractivity contribution in [2.45, 2.75) is 0 Å². The van der Waals surface area contributed by atoms with Crippen LogP contribution >= 0.6 is 11.3 Å². The first-order chi connectivity index (χ1) is 7.84. The van der Waals surface area contributed by atoms with Crippen LogP contribution in [-0.2, 0) is 0 Å². The van der Waals surface area contributed by atoms with Crippen LogP contribution < -0.4 is 5.32 Å². The highest BCUT2D eigenvalue weighted by Crippen LogP contribution is 2.32. The van der Waals surface area contributed by atoms with E-state index in [0.29, 0.717) is 0 Å². The summed E-state index contributed by atoms with van der Waals surface area (Å²) >= 11 is 1.66. The lowest BCUT2D eigenvalue weighted by molar-refractivity contribution is -0.480. The van der Waals surface area contributed by atoms with Gasteiger partial charge in [0.1, 0.15) is 6.20 Å². The van der Waals surface area contributed by atoms with Gasteiger partial charge in [-0.1, -0.05) is 30.3 Å². The molecular formula is C13H10NOS+. The number of nitrogens with two attached hydrogens (primary N) is 1. The Labute approximate surface area is 97.2 Å². The fourth-order valence-electron chi connectivity index (χ4n) is 1.78. The SMILES string of the molecule is O=C1[NH2+]C=Cc2sc(-c3ccccc3)cc21. The van der Waals surface area contributed by atoms with E-state index in [9.17, 15) is 4.79 Å². The zero-order chi connectivity index (χ0) is 11.0. The summed E-state index contributed by atoms with van der Waals surface area (Å²) in [5.74, 6) is 0.107. The minimum atomic E-state index is 0.107.